The van der Waals surface area contributed by atoms with Gasteiger partial charge in [-0.05, 0) is 40.6 Å². The molecule has 0 amide bonds. The summed E-state index contributed by atoms with van der Waals surface area (Å²) >= 11 is 1.62. The third-order valence-corrected chi connectivity index (χ3v) is 4.27. The van der Waals surface area contributed by atoms with E-state index in [1.165, 1.54) is 0 Å². The lowest BCUT2D eigenvalue weighted by Crippen LogP contribution is -2.03. The zero-order chi connectivity index (χ0) is 13.9. The molecule has 0 N–H and O–H groups in total. The summed E-state index contributed by atoms with van der Waals surface area (Å²) in [6, 6.07) is 15.6. The van der Waals surface area contributed by atoms with Crippen LogP contribution in [0.5, 0.6) is 5.75 Å². The molecule has 1 aromatic heterocycles. The van der Waals surface area contributed by atoms with Crippen LogP contribution in [0.15, 0.2) is 53.9 Å². The molecule has 0 atom stereocenters. The summed E-state index contributed by atoms with van der Waals surface area (Å²) in [4.78, 5) is 12.5. The Labute approximate surface area is 121 Å². The zero-order valence-corrected chi connectivity index (χ0v) is 11.9. The molecule has 3 heteroatoms. The Bertz CT molecular complexity index is 741. The fourth-order valence-electron chi connectivity index (χ4n) is 2.24. The van der Waals surface area contributed by atoms with Crippen LogP contribution in [0.25, 0.3) is 10.1 Å². The van der Waals surface area contributed by atoms with Gasteiger partial charge in [0.15, 0.2) is 5.78 Å². The predicted molar refractivity (Wildman–Crippen MR) is 82.9 cm³/mol. The van der Waals surface area contributed by atoms with Gasteiger partial charge in [-0.3, -0.25) is 4.79 Å². The van der Waals surface area contributed by atoms with E-state index in [9.17, 15) is 4.79 Å². The molecule has 0 aliphatic carbocycles. The van der Waals surface area contributed by atoms with Gasteiger partial charge in [-0.1, -0.05) is 24.3 Å². The van der Waals surface area contributed by atoms with E-state index in [2.05, 4.69) is 0 Å². The lowest BCUT2D eigenvalue weighted by molar-refractivity contribution is 0.0994. The van der Waals surface area contributed by atoms with Crippen LogP contribution in [0, 0.1) is 0 Å². The number of ketones is 1. The monoisotopic (exact) mass is 282 g/mol. The smallest absolute Gasteiger partial charge is 0.168 e. The lowest BCUT2D eigenvalue weighted by Gasteiger charge is -2.04. The normalized spacial score (nSPS) is 10.7. The molecule has 3 rings (SSSR count). The van der Waals surface area contributed by atoms with Gasteiger partial charge in [0.2, 0.25) is 0 Å². The van der Waals surface area contributed by atoms with Gasteiger partial charge in [0.1, 0.15) is 5.75 Å². The van der Waals surface area contributed by atoms with Gasteiger partial charge in [0, 0.05) is 16.7 Å². The minimum atomic E-state index is 0.156. The number of ether oxygens (including phenoxy) is 1. The van der Waals surface area contributed by atoms with E-state index in [0.29, 0.717) is 6.42 Å². The highest BCUT2D eigenvalue weighted by atomic mass is 32.1. The summed E-state index contributed by atoms with van der Waals surface area (Å²) in [5, 5.41) is 3.16. The van der Waals surface area contributed by atoms with Gasteiger partial charge in [0.25, 0.3) is 0 Å². The van der Waals surface area contributed by atoms with Crippen molar-refractivity contribution in [2.75, 3.05) is 7.11 Å². The van der Waals surface area contributed by atoms with Gasteiger partial charge in [-0.2, -0.15) is 0 Å². The molecule has 0 aliphatic heterocycles. The molecule has 0 saturated carbocycles. The quantitative estimate of drug-likeness (QED) is 0.666. The maximum absolute atomic E-state index is 12.5. The number of carbonyl (C=O) groups excluding carboxylic acids is 1. The molecular formula is C17H14O2S. The zero-order valence-electron chi connectivity index (χ0n) is 11.1. The molecule has 100 valence electrons. The Morgan fingerprint density at radius 2 is 1.90 bits per heavy atom. The number of methoxy groups -OCH3 is 1. The predicted octanol–water partition coefficient (Wildman–Crippen LogP) is 4.34. The topological polar surface area (TPSA) is 26.3 Å². The first-order valence-electron chi connectivity index (χ1n) is 6.40. The second-order valence-electron chi connectivity index (χ2n) is 4.59. The van der Waals surface area contributed by atoms with Crippen molar-refractivity contribution in [3.8, 4) is 5.75 Å². The summed E-state index contributed by atoms with van der Waals surface area (Å²) in [5.41, 5.74) is 1.82. The first kappa shape index (κ1) is 12.9. The van der Waals surface area contributed by atoms with Crippen LogP contribution in [-0.2, 0) is 6.42 Å². The highest BCUT2D eigenvalue weighted by Gasteiger charge is 2.11. The van der Waals surface area contributed by atoms with Crippen LogP contribution in [0.4, 0.5) is 0 Å². The number of hydrogen-bond acceptors (Lipinski definition) is 3. The number of fused-ring (bicyclic) bond motifs is 1. The standard InChI is InChI=1S/C17H14O2S/c1-19-14-7-5-12(6-8-14)11-16(18)15-4-2-3-13-9-10-20-17(13)15/h2-10H,11H2,1H3. The molecule has 0 bridgehead atoms. The fourth-order valence-corrected chi connectivity index (χ4v) is 3.17. The molecule has 20 heavy (non-hydrogen) atoms. The average molecular weight is 282 g/mol. The Balaban J connectivity index is 1.87. The molecule has 3 aromatic rings. The van der Waals surface area contributed by atoms with E-state index in [4.69, 9.17) is 4.74 Å². The fraction of sp³-hybridized carbons (Fsp3) is 0.118. The summed E-state index contributed by atoms with van der Waals surface area (Å²) in [6.45, 7) is 0. The van der Waals surface area contributed by atoms with Crippen molar-refractivity contribution in [2.24, 2.45) is 0 Å². The van der Waals surface area contributed by atoms with Crippen molar-refractivity contribution in [1.29, 1.82) is 0 Å². The van der Waals surface area contributed by atoms with Gasteiger partial charge in [0.05, 0.1) is 7.11 Å². The Kier molecular flexibility index (Phi) is 3.52. The molecule has 0 aliphatic rings. The van der Waals surface area contributed by atoms with Crippen molar-refractivity contribution in [3.63, 3.8) is 0 Å². The van der Waals surface area contributed by atoms with Crippen LogP contribution < -0.4 is 4.74 Å². The summed E-state index contributed by atoms with van der Waals surface area (Å²) in [7, 11) is 1.64. The largest absolute Gasteiger partial charge is 0.497 e. The highest BCUT2D eigenvalue weighted by Crippen LogP contribution is 2.26. The maximum Gasteiger partial charge on any atom is 0.168 e. The average Bonchev–Trinajstić information content (AvgIpc) is 2.96. The third kappa shape index (κ3) is 2.45. The van der Waals surface area contributed by atoms with Crippen LogP contribution in [-0.4, -0.2) is 12.9 Å². The van der Waals surface area contributed by atoms with Gasteiger partial charge >= 0.3 is 0 Å². The highest BCUT2D eigenvalue weighted by molar-refractivity contribution is 7.17. The first-order valence-corrected chi connectivity index (χ1v) is 7.28. The molecule has 0 radical (unpaired) electrons. The maximum atomic E-state index is 12.5. The van der Waals surface area contributed by atoms with E-state index in [1.54, 1.807) is 18.4 Å². The van der Waals surface area contributed by atoms with Crippen LogP contribution in [0.3, 0.4) is 0 Å². The number of hydrogen-bond donors (Lipinski definition) is 0. The molecular weight excluding hydrogens is 268 g/mol. The summed E-state index contributed by atoms with van der Waals surface area (Å²) < 4.78 is 6.20. The number of thiophene rings is 1. The first-order chi connectivity index (χ1) is 9.78. The van der Waals surface area contributed by atoms with E-state index in [1.807, 2.05) is 53.9 Å². The molecule has 0 fully saturated rings. The van der Waals surface area contributed by atoms with E-state index in [0.717, 1.165) is 27.0 Å². The van der Waals surface area contributed by atoms with Crippen LogP contribution in [0.2, 0.25) is 0 Å². The Morgan fingerprint density at radius 3 is 2.65 bits per heavy atom. The molecule has 2 aromatic carbocycles. The van der Waals surface area contributed by atoms with E-state index < -0.39 is 0 Å². The SMILES string of the molecule is COc1ccc(CC(=O)c2cccc3ccsc23)cc1. The second kappa shape index (κ2) is 5.47. The van der Waals surface area contributed by atoms with E-state index >= 15 is 0 Å². The number of benzene rings is 2. The molecule has 2 nitrogen and oxygen atoms in total. The summed E-state index contributed by atoms with van der Waals surface area (Å²) in [6.07, 6.45) is 0.418. The van der Waals surface area contributed by atoms with Crippen molar-refractivity contribution in [2.45, 2.75) is 6.42 Å². The van der Waals surface area contributed by atoms with E-state index in [-0.39, 0.29) is 5.78 Å². The summed E-state index contributed by atoms with van der Waals surface area (Å²) in [5.74, 6) is 0.963. The van der Waals surface area contributed by atoms with Crippen LogP contribution in [0.1, 0.15) is 15.9 Å². The lowest BCUT2D eigenvalue weighted by atomic mass is 10.0. The molecule has 0 spiro atoms. The minimum absolute atomic E-state index is 0.156. The van der Waals surface area contributed by atoms with Gasteiger partial charge in [-0.25, -0.2) is 0 Å². The van der Waals surface area contributed by atoms with Gasteiger partial charge < -0.3 is 4.74 Å². The number of rotatable bonds is 4. The van der Waals surface area contributed by atoms with Crippen molar-refractivity contribution in [1.82, 2.24) is 0 Å². The number of Topliss-reactive ketones (excluding diaryl/α,β-unsaturated/α-hetero) is 1. The number of carbonyl (C=O) groups is 1. The van der Waals surface area contributed by atoms with Crippen molar-refractivity contribution < 1.29 is 9.53 Å². The van der Waals surface area contributed by atoms with Crippen LogP contribution >= 0.6 is 11.3 Å². The van der Waals surface area contributed by atoms with Crippen molar-refractivity contribution >= 4 is 27.2 Å². The second-order valence-corrected chi connectivity index (χ2v) is 5.51. The molecule has 0 saturated heterocycles. The third-order valence-electron chi connectivity index (χ3n) is 3.30. The Hall–Kier alpha value is -2.13. The van der Waals surface area contributed by atoms with Crippen molar-refractivity contribution in [3.05, 3.63) is 65.0 Å². The Morgan fingerprint density at radius 1 is 1.10 bits per heavy atom. The molecule has 0 unspecified atom stereocenters. The molecule has 1 heterocycles. The van der Waals surface area contributed by atoms with Gasteiger partial charge in [-0.15, -0.1) is 11.3 Å². The minimum Gasteiger partial charge on any atom is -0.497 e.